The summed E-state index contributed by atoms with van der Waals surface area (Å²) in [4.78, 5) is 4.08. The molecule has 0 atom stereocenters. The van der Waals surface area contributed by atoms with Gasteiger partial charge in [-0.05, 0) is 58.7 Å². The van der Waals surface area contributed by atoms with Gasteiger partial charge < -0.3 is 10.5 Å². The highest BCUT2D eigenvalue weighted by Crippen LogP contribution is 2.30. The van der Waals surface area contributed by atoms with Gasteiger partial charge in [-0.15, -0.1) is 0 Å². The van der Waals surface area contributed by atoms with Gasteiger partial charge >= 0.3 is 0 Å². The standard InChI is InChI=1S/C13H12BrFN2O/c14-12-6-10(15)1-2-13(12)18-11-5-9(3-4-16)7-17-8-11/h1-2,5-8H,3-4,16H2. The Bertz CT molecular complexity index is 548. The van der Waals surface area contributed by atoms with Crippen molar-refractivity contribution >= 4 is 15.9 Å². The monoisotopic (exact) mass is 310 g/mol. The third-order valence-electron chi connectivity index (χ3n) is 2.32. The summed E-state index contributed by atoms with van der Waals surface area (Å²) in [6, 6.07) is 6.13. The molecule has 0 aliphatic rings. The smallest absolute Gasteiger partial charge is 0.146 e. The van der Waals surface area contributed by atoms with E-state index < -0.39 is 0 Å². The van der Waals surface area contributed by atoms with E-state index in [9.17, 15) is 4.39 Å². The molecule has 2 N–H and O–H groups in total. The first-order valence-electron chi connectivity index (χ1n) is 5.46. The van der Waals surface area contributed by atoms with E-state index in [1.54, 1.807) is 18.5 Å². The SMILES string of the molecule is NCCc1cncc(Oc2ccc(F)cc2Br)c1. The summed E-state index contributed by atoms with van der Waals surface area (Å²) in [6.07, 6.45) is 4.10. The van der Waals surface area contributed by atoms with Gasteiger partial charge in [0.15, 0.2) is 0 Å². The number of ether oxygens (including phenoxy) is 1. The van der Waals surface area contributed by atoms with Crippen LogP contribution in [-0.2, 0) is 6.42 Å². The van der Waals surface area contributed by atoms with E-state index in [0.29, 0.717) is 22.5 Å². The Kier molecular flexibility index (Phi) is 4.28. The van der Waals surface area contributed by atoms with Crippen LogP contribution in [0, 0.1) is 5.82 Å². The molecule has 3 nitrogen and oxygen atoms in total. The molecular weight excluding hydrogens is 299 g/mol. The number of hydrogen-bond donors (Lipinski definition) is 1. The Morgan fingerprint density at radius 1 is 1.28 bits per heavy atom. The molecule has 0 aliphatic carbocycles. The van der Waals surface area contributed by atoms with Crippen molar-refractivity contribution in [1.29, 1.82) is 0 Å². The van der Waals surface area contributed by atoms with Crippen LogP contribution in [0.5, 0.6) is 11.5 Å². The van der Waals surface area contributed by atoms with Gasteiger partial charge in [-0.3, -0.25) is 4.98 Å². The van der Waals surface area contributed by atoms with Crippen LogP contribution in [0.25, 0.3) is 0 Å². The first kappa shape index (κ1) is 13.0. The van der Waals surface area contributed by atoms with E-state index in [1.165, 1.54) is 12.1 Å². The molecule has 2 aromatic rings. The van der Waals surface area contributed by atoms with Gasteiger partial charge in [-0.25, -0.2) is 4.39 Å². The molecule has 0 bridgehead atoms. The molecule has 18 heavy (non-hydrogen) atoms. The first-order valence-corrected chi connectivity index (χ1v) is 6.25. The molecule has 5 heteroatoms. The molecule has 1 aromatic heterocycles. The van der Waals surface area contributed by atoms with Crippen molar-refractivity contribution in [3.05, 3.63) is 52.5 Å². The maximum atomic E-state index is 12.9. The minimum absolute atomic E-state index is 0.316. The number of nitrogens with two attached hydrogens (primary N) is 1. The maximum absolute atomic E-state index is 12.9. The van der Waals surface area contributed by atoms with Gasteiger partial charge in [0.1, 0.15) is 17.3 Å². The van der Waals surface area contributed by atoms with Crippen molar-refractivity contribution < 1.29 is 9.13 Å². The second-order valence-electron chi connectivity index (χ2n) is 3.74. The third kappa shape index (κ3) is 3.27. The quantitative estimate of drug-likeness (QED) is 0.942. The topological polar surface area (TPSA) is 48.1 Å². The van der Waals surface area contributed by atoms with Gasteiger partial charge in [0.05, 0.1) is 10.7 Å². The molecule has 0 saturated carbocycles. The molecule has 0 radical (unpaired) electrons. The number of pyridine rings is 1. The summed E-state index contributed by atoms with van der Waals surface area (Å²) in [7, 11) is 0. The first-order chi connectivity index (χ1) is 8.69. The maximum Gasteiger partial charge on any atom is 0.146 e. The van der Waals surface area contributed by atoms with E-state index in [2.05, 4.69) is 20.9 Å². The summed E-state index contributed by atoms with van der Waals surface area (Å²) < 4.78 is 19.1. The molecular formula is C13H12BrFN2O. The lowest BCUT2D eigenvalue weighted by molar-refractivity contribution is 0.474. The molecule has 0 amide bonds. The molecule has 1 aromatic carbocycles. The average Bonchev–Trinajstić information content (AvgIpc) is 2.34. The number of halogens is 2. The molecule has 0 saturated heterocycles. The number of benzene rings is 1. The van der Waals surface area contributed by atoms with Crippen LogP contribution in [0.1, 0.15) is 5.56 Å². The van der Waals surface area contributed by atoms with E-state index in [0.717, 1.165) is 12.0 Å². The number of aromatic nitrogens is 1. The summed E-state index contributed by atoms with van der Waals surface area (Å²) in [5, 5.41) is 0. The Morgan fingerprint density at radius 2 is 2.11 bits per heavy atom. The largest absolute Gasteiger partial charge is 0.455 e. The summed E-state index contributed by atoms with van der Waals surface area (Å²) >= 11 is 3.25. The zero-order valence-electron chi connectivity index (χ0n) is 9.57. The Labute approximate surface area is 113 Å². The highest BCUT2D eigenvalue weighted by molar-refractivity contribution is 9.10. The van der Waals surface area contributed by atoms with Crippen molar-refractivity contribution in [3.63, 3.8) is 0 Å². The lowest BCUT2D eigenvalue weighted by Gasteiger charge is -2.08. The van der Waals surface area contributed by atoms with Crippen LogP contribution in [0.4, 0.5) is 4.39 Å². The molecule has 0 spiro atoms. The minimum Gasteiger partial charge on any atom is -0.455 e. The highest BCUT2D eigenvalue weighted by Gasteiger charge is 2.05. The van der Waals surface area contributed by atoms with Gasteiger partial charge in [0.25, 0.3) is 0 Å². The molecule has 1 heterocycles. The van der Waals surface area contributed by atoms with E-state index >= 15 is 0 Å². The summed E-state index contributed by atoms with van der Waals surface area (Å²) in [6.45, 7) is 0.561. The summed E-state index contributed by atoms with van der Waals surface area (Å²) in [5.41, 5.74) is 6.49. The number of nitrogens with zero attached hydrogens (tertiary/aromatic N) is 1. The van der Waals surface area contributed by atoms with Crippen molar-refractivity contribution in [1.82, 2.24) is 4.98 Å². The Balaban J connectivity index is 2.20. The minimum atomic E-state index is -0.316. The lowest BCUT2D eigenvalue weighted by atomic mass is 10.2. The number of rotatable bonds is 4. The van der Waals surface area contributed by atoms with E-state index in [4.69, 9.17) is 10.5 Å². The summed E-state index contributed by atoms with van der Waals surface area (Å²) in [5.74, 6) is 0.834. The zero-order valence-corrected chi connectivity index (χ0v) is 11.2. The van der Waals surface area contributed by atoms with Gasteiger partial charge in [0.2, 0.25) is 0 Å². The molecule has 0 aliphatic heterocycles. The second kappa shape index (κ2) is 5.93. The lowest BCUT2D eigenvalue weighted by Crippen LogP contribution is -2.03. The fourth-order valence-corrected chi connectivity index (χ4v) is 1.94. The van der Waals surface area contributed by atoms with Crippen molar-refractivity contribution in [2.45, 2.75) is 6.42 Å². The van der Waals surface area contributed by atoms with E-state index in [-0.39, 0.29) is 5.82 Å². The normalized spacial score (nSPS) is 10.4. The predicted octanol–water partition coefficient (Wildman–Crippen LogP) is 3.28. The highest BCUT2D eigenvalue weighted by atomic mass is 79.9. The van der Waals surface area contributed by atoms with Gasteiger partial charge in [-0.2, -0.15) is 0 Å². The molecule has 94 valence electrons. The second-order valence-corrected chi connectivity index (χ2v) is 4.60. The van der Waals surface area contributed by atoms with Crippen molar-refractivity contribution in [3.8, 4) is 11.5 Å². The van der Waals surface area contributed by atoms with Crippen LogP contribution < -0.4 is 10.5 Å². The van der Waals surface area contributed by atoms with Gasteiger partial charge in [-0.1, -0.05) is 0 Å². The van der Waals surface area contributed by atoms with Gasteiger partial charge in [0, 0.05) is 6.20 Å². The fraction of sp³-hybridized carbons (Fsp3) is 0.154. The Morgan fingerprint density at radius 3 is 2.83 bits per heavy atom. The van der Waals surface area contributed by atoms with Crippen molar-refractivity contribution in [2.24, 2.45) is 5.73 Å². The zero-order chi connectivity index (χ0) is 13.0. The van der Waals surface area contributed by atoms with Crippen LogP contribution in [-0.4, -0.2) is 11.5 Å². The van der Waals surface area contributed by atoms with Crippen molar-refractivity contribution in [2.75, 3.05) is 6.54 Å². The van der Waals surface area contributed by atoms with Crippen LogP contribution >= 0.6 is 15.9 Å². The molecule has 0 unspecified atom stereocenters. The van der Waals surface area contributed by atoms with E-state index in [1.807, 2.05) is 6.07 Å². The number of hydrogen-bond acceptors (Lipinski definition) is 3. The third-order valence-corrected chi connectivity index (χ3v) is 2.94. The average molecular weight is 311 g/mol. The fourth-order valence-electron chi connectivity index (χ4n) is 1.51. The molecule has 0 fully saturated rings. The predicted molar refractivity (Wildman–Crippen MR) is 71.2 cm³/mol. The van der Waals surface area contributed by atoms with Crippen LogP contribution in [0.2, 0.25) is 0 Å². The Hall–Kier alpha value is -1.46. The molecule has 2 rings (SSSR count). The van der Waals surface area contributed by atoms with Crippen LogP contribution in [0.3, 0.4) is 0 Å². The van der Waals surface area contributed by atoms with Crippen LogP contribution in [0.15, 0.2) is 41.1 Å².